The van der Waals surface area contributed by atoms with Gasteiger partial charge in [-0.1, -0.05) is 23.2 Å². The summed E-state index contributed by atoms with van der Waals surface area (Å²) in [6, 6.07) is 4.62. The molecular formula is C22H25Cl2N3O6. The van der Waals surface area contributed by atoms with Gasteiger partial charge in [0.2, 0.25) is 6.04 Å². The van der Waals surface area contributed by atoms with Crippen LogP contribution in [0.25, 0.3) is 0 Å². The zero-order chi connectivity index (χ0) is 24.5. The van der Waals surface area contributed by atoms with Gasteiger partial charge in [-0.15, -0.1) is 0 Å². The van der Waals surface area contributed by atoms with E-state index in [0.717, 1.165) is 0 Å². The molecule has 2 aromatic carbocycles. The predicted octanol–water partition coefficient (Wildman–Crippen LogP) is 5.49. The molecule has 178 valence electrons. The second-order valence-corrected chi connectivity index (χ2v) is 7.37. The number of hydrogen-bond donors (Lipinski definition) is 1. The van der Waals surface area contributed by atoms with E-state index < -0.39 is 17.7 Å². The second-order valence-electron chi connectivity index (χ2n) is 6.52. The number of ketones is 1. The van der Waals surface area contributed by atoms with E-state index in [1.54, 1.807) is 19.1 Å². The van der Waals surface area contributed by atoms with Gasteiger partial charge in [0.1, 0.15) is 17.2 Å². The van der Waals surface area contributed by atoms with Crippen LogP contribution in [0.3, 0.4) is 0 Å². The molecular weight excluding hydrogens is 473 g/mol. The molecule has 0 aliphatic rings. The van der Waals surface area contributed by atoms with Gasteiger partial charge in [0.25, 0.3) is 5.91 Å². The highest BCUT2D eigenvalue weighted by Crippen LogP contribution is 2.40. The van der Waals surface area contributed by atoms with E-state index >= 15 is 0 Å². The number of hydrogen-bond acceptors (Lipinski definition) is 8. The molecule has 2 aromatic rings. The molecule has 2 rings (SSSR count). The van der Waals surface area contributed by atoms with E-state index in [-0.39, 0.29) is 22.1 Å². The van der Waals surface area contributed by atoms with E-state index in [0.29, 0.717) is 35.5 Å². The standard InChI is InChI=1S/C22H25Cl2N3O6/c1-6-32-17-11-18(33-7-2)15(10-14(17)24)25-22(29)20(12(3)28)27-26-16-8-13(23)9-19(30-4)21(16)31-5/h8-11,20H,6-7H2,1-5H3,(H,25,29). The molecule has 0 bridgehead atoms. The van der Waals surface area contributed by atoms with Crippen molar-refractivity contribution in [1.82, 2.24) is 0 Å². The minimum Gasteiger partial charge on any atom is -0.493 e. The Morgan fingerprint density at radius 1 is 0.970 bits per heavy atom. The summed E-state index contributed by atoms with van der Waals surface area (Å²) in [6.45, 7) is 5.58. The number of benzene rings is 2. The van der Waals surface area contributed by atoms with Crippen LogP contribution in [-0.4, -0.2) is 45.2 Å². The van der Waals surface area contributed by atoms with Gasteiger partial charge >= 0.3 is 0 Å². The van der Waals surface area contributed by atoms with Crippen molar-refractivity contribution in [2.24, 2.45) is 10.2 Å². The predicted molar refractivity (Wildman–Crippen MR) is 126 cm³/mol. The number of nitrogens with zero attached hydrogens (tertiary/aromatic N) is 2. The lowest BCUT2D eigenvalue weighted by Gasteiger charge is -2.16. The molecule has 9 nitrogen and oxygen atoms in total. The number of methoxy groups -OCH3 is 2. The van der Waals surface area contributed by atoms with Crippen molar-refractivity contribution in [1.29, 1.82) is 0 Å². The summed E-state index contributed by atoms with van der Waals surface area (Å²) in [5.41, 5.74) is 0.457. The number of Topliss-reactive ketones (excluding diaryl/α,β-unsaturated/α-hetero) is 1. The highest BCUT2D eigenvalue weighted by Gasteiger charge is 2.25. The first-order valence-electron chi connectivity index (χ1n) is 9.98. The maximum absolute atomic E-state index is 12.9. The quantitative estimate of drug-likeness (QED) is 0.324. The van der Waals surface area contributed by atoms with Crippen molar-refractivity contribution >= 4 is 46.3 Å². The molecule has 1 unspecified atom stereocenters. The first-order chi connectivity index (χ1) is 15.7. The molecule has 33 heavy (non-hydrogen) atoms. The van der Waals surface area contributed by atoms with E-state index in [9.17, 15) is 9.59 Å². The minimum absolute atomic E-state index is 0.194. The normalized spacial score (nSPS) is 11.7. The average molecular weight is 498 g/mol. The number of halogens is 2. The van der Waals surface area contributed by atoms with Crippen LogP contribution >= 0.6 is 23.2 Å². The summed E-state index contributed by atoms with van der Waals surface area (Å²) in [4.78, 5) is 25.1. The number of ether oxygens (including phenoxy) is 4. The highest BCUT2D eigenvalue weighted by molar-refractivity contribution is 6.32. The molecule has 0 saturated heterocycles. The summed E-state index contributed by atoms with van der Waals surface area (Å²) < 4.78 is 21.6. The second kappa shape index (κ2) is 12.3. The van der Waals surface area contributed by atoms with E-state index in [1.807, 2.05) is 6.92 Å². The molecule has 11 heteroatoms. The third-order valence-corrected chi connectivity index (χ3v) is 4.74. The Balaban J connectivity index is 2.37. The SMILES string of the molecule is CCOc1cc(OCC)c(NC(=O)C(N=Nc2cc(Cl)cc(OC)c2OC)C(C)=O)cc1Cl. The Bertz CT molecular complexity index is 1050. The zero-order valence-electron chi connectivity index (χ0n) is 18.9. The number of nitrogens with one attached hydrogen (secondary N) is 1. The lowest BCUT2D eigenvalue weighted by molar-refractivity contribution is -0.126. The van der Waals surface area contributed by atoms with Gasteiger partial charge < -0.3 is 24.3 Å². The molecule has 1 atom stereocenters. The monoisotopic (exact) mass is 497 g/mol. The number of carbonyl (C=O) groups is 2. The van der Waals surface area contributed by atoms with Crippen LogP contribution in [-0.2, 0) is 9.59 Å². The van der Waals surface area contributed by atoms with Crippen LogP contribution in [0.15, 0.2) is 34.5 Å². The number of carbonyl (C=O) groups excluding carboxylic acids is 2. The highest BCUT2D eigenvalue weighted by atomic mass is 35.5. The number of amides is 1. The van der Waals surface area contributed by atoms with Gasteiger partial charge in [0.15, 0.2) is 17.3 Å². The van der Waals surface area contributed by atoms with Crippen LogP contribution < -0.4 is 24.3 Å². The molecule has 1 N–H and O–H groups in total. The molecule has 0 saturated carbocycles. The number of azo groups is 1. The minimum atomic E-state index is -1.44. The fraction of sp³-hybridized carbons (Fsp3) is 0.364. The Kier molecular flexibility index (Phi) is 9.74. The average Bonchev–Trinajstić information content (AvgIpc) is 2.76. The number of rotatable bonds is 11. The summed E-state index contributed by atoms with van der Waals surface area (Å²) >= 11 is 12.3. The lowest BCUT2D eigenvalue weighted by Crippen LogP contribution is -2.32. The molecule has 0 aliphatic heterocycles. The van der Waals surface area contributed by atoms with Crippen molar-refractivity contribution < 1.29 is 28.5 Å². The van der Waals surface area contributed by atoms with E-state index in [4.69, 9.17) is 42.1 Å². The molecule has 1 amide bonds. The third-order valence-electron chi connectivity index (χ3n) is 4.23. The maximum Gasteiger partial charge on any atom is 0.258 e. The topological polar surface area (TPSA) is 108 Å². The number of anilines is 1. The summed E-state index contributed by atoms with van der Waals surface area (Å²) in [6.07, 6.45) is 0. The zero-order valence-corrected chi connectivity index (χ0v) is 20.4. The maximum atomic E-state index is 12.9. The van der Waals surface area contributed by atoms with Crippen molar-refractivity contribution in [3.8, 4) is 23.0 Å². The fourth-order valence-electron chi connectivity index (χ4n) is 2.80. The summed E-state index contributed by atoms with van der Waals surface area (Å²) in [5, 5.41) is 11.2. The summed E-state index contributed by atoms with van der Waals surface area (Å²) in [5.74, 6) is 0.0719. The summed E-state index contributed by atoms with van der Waals surface area (Å²) in [7, 11) is 2.86. The molecule has 0 aromatic heterocycles. The largest absolute Gasteiger partial charge is 0.493 e. The van der Waals surface area contributed by atoms with Gasteiger partial charge in [0.05, 0.1) is 38.1 Å². The molecule has 0 aliphatic carbocycles. The van der Waals surface area contributed by atoms with E-state index in [1.165, 1.54) is 33.3 Å². The van der Waals surface area contributed by atoms with Gasteiger partial charge in [0, 0.05) is 17.2 Å². The Labute approximate surface area is 202 Å². The Hall–Kier alpha value is -3.04. The van der Waals surface area contributed by atoms with Crippen LogP contribution in [0.2, 0.25) is 10.0 Å². The molecule has 0 fully saturated rings. The van der Waals surface area contributed by atoms with Crippen molar-refractivity contribution in [2.45, 2.75) is 26.8 Å². The Morgan fingerprint density at radius 3 is 2.21 bits per heavy atom. The van der Waals surface area contributed by atoms with Gasteiger partial charge in [-0.3, -0.25) is 9.59 Å². The van der Waals surface area contributed by atoms with Crippen LogP contribution in [0.4, 0.5) is 11.4 Å². The van der Waals surface area contributed by atoms with Crippen LogP contribution in [0, 0.1) is 0 Å². The van der Waals surface area contributed by atoms with Crippen molar-refractivity contribution in [2.75, 3.05) is 32.8 Å². The van der Waals surface area contributed by atoms with Crippen molar-refractivity contribution in [3.05, 3.63) is 34.3 Å². The third kappa shape index (κ3) is 6.72. The smallest absolute Gasteiger partial charge is 0.258 e. The van der Waals surface area contributed by atoms with Gasteiger partial charge in [-0.25, -0.2) is 0 Å². The van der Waals surface area contributed by atoms with Crippen LogP contribution in [0.1, 0.15) is 20.8 Å². The lowest BCUT2D eigenvalue weighted by atomic mass is 10.2. The molecule has 0 heterocycles. The van der Waals surface area contributed by atoms with Crippen molar-refractivity contribution in [3.63, 3.8) is 0 Å². The fourth-order valence-corrected chi connectivity index (χ4v) is 3.22. The first kappa shape index (κ1) is 26.2. The van der Waals surface area contributed by atoms with Gasteiger partial charge in [-0.05, 0) is 32.9 Å². The molecule has 0 radical (unpaired) electrons. The van der Waals surface area contributed by atoms with Gasteiger partial charge in [-0.2, -0.15) is 10.2 Å². The molecule has 0 spiro atoms. The van der Waals surface area contributed by atoms with E-state index in [2.05, 4.69) is 15.5 Å². The first-order valence-corrected chi connectivity index (χ1v) is 10.7. The van der Waals surface area contributed by atoms with Crippen LogP contribution in [0.5, 0.6) is 23.0 Å². The Morgan fingerprint density at radius 2 is 1.64 bits per heavy atom.